The Kier molecular flexibility index (Phi) is 3.64. The van der Waals surface area contributed by atoms with E-state index in [0.29, 0.717) is 19.4 Å². The van der Waals surface area contributed by atoms with E-state index in [1.165, 1.54) is 0 Å². The van der Waals surface area contributed by atoms with Gasteiger partial charge in [0, 0.05) is 32.5 Å². The topological polar surface area (TPSA) is 101 Å². The van der Waals surface area contributed by atoms with Crippen LogP contribution in [0.25, 0.3) is 0 Å². The van der Waals surface area contributed by atoms with Crippen LogP contribution in [0.4, 0.5) is 0 Å². The van der Waals surface area contributed by atoms with Crippen molar-refractivity contribution in [1.82, 2.24) is 30.7 Å². The SMILES string of the molecule is O=C1CC[C@@H](C(=O)NCc2nnc3n2CCNCC3)N1. The molecule has 1 aromatic heterocycles. The molecule has 1 aromatic rings. The fourth-order valence-corrected chi connectivity index (χ4v) is 2.56. The fraction of sp³-hybridized carbons (Fsp3) is 0.667. The predicted octanol–water partition coefficient (Wildman–Crippen LogP) is -1.68. The summed E-state index contributed by atoms with van der Waals surface area (Å²) in [4.78, 5) is 23.0. The molecule has 0 aromatic carbocycles. The van der Waals surface area contributed by atoms with Crippen LogP contribution >= 0.6 is 0 Å². The Bertz CT molecular complexity index is 526. The number of carbonyl (C=O) groups is 2. The van der Waals surface area contributed by atoms with Crippen molar-refractivity contribution in [2.24, 2.45) is 0 Å². The second-order valence-electron chi connectivity index (χ2n) is 5.06. The molecule has 0 aliphatic carbocycles. The number of nitrogens with zero attached hydrogens (tertiary/aromatic N) is 3. The van der Waals surface area contributed by atoms with E-state index >= 15 is 0 Å². The van der Waals surface area contributed by atoms with E-state index in [2.05, 4.69) is 26.1 Å². The van der Waals surface area contributed by atoms with Crippen LogP contribution in [0.5, 0.6) is 0 Å². The number of rotatable bonds is 3. The Morgan fingerprint density at radius 2 is 2.25 bits per heavy atom. The Morgan fingerprint density at radius 3 is 3.05 bits per heavy atom. The molecule has 2 aliphatic heterocycles. The van der Waals surface area contributed by atoms with Crippen molar-refractivity contribution in [2.45, 2.75) is 38.4 Å². The number of carbonyl (C=O) groups excluding carboxylic acids is 2. The van der Waals surface area contributed by atoms with Gasteiger partial charge in [0.1, 0.15) is 11.9 Å². The van der Waals surface area contributed by atoms with Gasteiger partial charge in [-0.15, -0.1) is 10.2 Å². The lowest BCUT2D eigenvalue weighted by Crippen LogP contribution is -2.41. The van der Waals surface area contributed by atoms with Crippen LogP contribution in [0.2, 0.25) is 0 Å². The Morgan fingerprint density at radius 1 is 1.35 bits per heavy atom. The van der Waals surface area contributed by atoms with Gasteiger partial charge in [0.2, 0.25) is 11.8 Å². The van der Waals surface area contributed by atoms with Gasteiger partial charge in [0.05, 0.1) is 6.54 Å². The summed E-state index contributed by atoms with van der Waals surface area (Å²) in [5, 5.41) is 17.1. The number of hydrogen-bond donors (Lipinski definition) is 3. The maximum atomic E-state index is 11.9. The molecule has 0 spiro atoms. The van der Waals surface area contributed by atoms with Crippen LogP contribution in [0.3, 0.4) is 0 Å². The molecular weight excluding hydrogens is 260 g/mol. The number of nitrogens with one attached hydrogen (secondary N) is 3. The zero-order valence-electron chi connectivity index (χ0n) is 11.2. The van der Waals surface area contributed by atoms with Crippen molar-refractivity contribution in [2.75, 3.05) is 13.1 Å². The van der Waals surface area contributed by atoms with Crippen LogP contribution in [0.15, 0.2) is 0 Å². The van der Waals surface area contributed by atoms with Gasteiger partial charge in [-0.05, 0) is 6.42 Å². The Labute approximate surface area is 116 Å². The summed E-state index contributed by atoms with van der Waals surface area (Å²) in [5.74, 6) is 1.50. The minimum Gasteiger partial charge on any atom is -0.347 e. The van der Waals surface area contributed by atoms with E-state index < -0.39 is 6.04 Å². The summed E-state index contributed by atoms with van der Waals surface area (Å²) >= 11 is 0. The largest absolute Gasteiger partial charge is 0.347 e. The quantitative estimate of drug-likeness (QED) is 0.613. The van der Waals surface area contributed by atoms with E-state index in [0.717, 1.165) is 37.7 Å². The Hall–Kier alpha value is -1.96. The molecular formula is C12H18N6O2. The number of hydrogen-bond acceptors (Lipinski definition) is 5. The molecule has 2 aliphatic rings. The van der Waals surface area contributed by atoms with Crippen LogP contribution < -0.4 is 16.0 Å². The van der Waals surface area contributed by atoms with Gasteiger partial charge in [-0.25, -0.2) is 0 Å². The third kappa shape index (κ3) is 2.64. The monoisotopic (exact) mass is 278 g/mol. The minimum atomic E-state index is -0.407. The van der Waals surface area contributed by atoms with Crippen molar-refractivity contribution in [1.29, 1.82) is 0 Å². The third-order valence-electron chi connectivity index (χ3n) is 3.67. The summed E-state index contributed by atoms with van der Waals surface area (Å²) in [6.45, 7) is 2.94. The standard InChI is InChI=1S/C12H18N6O2/c19-11-2-1-8(15-11)12(20)14-7-10-17-16-9-3-4-13-5-6-18(9)10/h8,13H,1-7H2,(H,14,20)(H,15,19)/t8-/m0/s1. The van der Waals surface area contributed by atoms with Gasteiger partial charge < -0.3 is 20.5 Å². The molecule has 1 atom stereocenters. The number of fused-ring (bicyclic) bond motifs is 1. The number of aromatic nitrogens is 3. The zero-order chi connectivity index (χ0) is 13.9. The van der Waals surface area contributed by atoms with Crippen LogP contribution in [-0.2, 0) is 29.1 Å². The Balaban J connectivity index is 1.60. The van der Waals surface area contributed by atoms with Crippen LogP contribution in [0.1, 0.15) is 24.5 Å². The highest BCUT2D eigenvalue weighted by molar-refractivity contribution is 5.90. The first-order valence-corrected chi connectivity index (χ1v) is 6.93. The molecule has 1 saturated heterocycles. The van der Waals surface area contributed by atoms with Crippen molar-refractivity contribution < 1.29 is 9.59 Å². The van der Waals surface area contributed by atoms with Crippen LogP contribution in [0, 0.1) is 0 Å². The van der Waals surface area contributed by atoms with E-state index in [1.807, 2.05) is 4.57 Å². The van der Waals surface area contributed by atoms with E-state index in [-0.39, 0.29) is 11.8 Å². The molecule has 108 valence electrons. The van der Waals surface area contributed by atoms with Gasteiger partial charge >= 0.3 is 0 Å². The van der Waals surface area contributed by atoms with E-state index in [9.17, 15) is 9.59 Å². The maximum Gasteiger partial charge on any atom is 0.242 e. The highest BCUT2D eigenvalue weighted by atomic mass is 16.2. The minimum absolute atomic E-state index is 0.0624. The molecule has 8 heteroatoms. The van der Waals surface area contributed by atoms with E-state index in [4.69, 9.17) is 0 Å². The molecule has 0 saturated carbocycles. The average Bonchev–Trinajstić information content (AvgIpc) is 2.96. The van der Waals surface area contributed by atoms with Gasteiger partial charge in [-0.2, -0.15) is 0 Å². The van der Waals surface area contributed by atoms with E-state index in [1.54, 1.807) is 0 Å². The molecule has 3 heterocycles. The van der Waals surface area contributed by atoms with Gasteiger partial charge in [-0.3, -0.25) is 9.59 Å². The summed E-state index contributed by atoms with van der Waals surface area (Å²) in [7, 11) is 0. The molecule has 1 fully saturated rings. The third-order valence-corrected chi connectivity index (χ3v) is 3.67. The summed E-state index contributed by atoms with van der Waals surface area (Å²) in [6, 6.07) is -0.407. The maximum absolute atomic E-state index is 11.9. The molecule has 0 bridgehead atoms. The smallest absolute Gasteiger partial charge is 0.242 e. The molecule has 0 radical (unpaired) electrons. The first kappa shape index (κ1) is 13.0. The van der Waals surface area contributed by atoms with Crippen molar-refractivity contribution in [3.05, 3.63) is 11.6 Å². The molecule has 8 nitrogen and oxygen atoms in total. The van der Waals surface area contributed by atoms with Gasteiger partial charge in [-0.1, -0.05) is 0 Å². The number of amides is 2. The predicted molar refractivity (Wildman–Crippen MR) is 69.6 cm³/mol. The molecule has 2 amide bonds. The summed E-state index contributed by atoms with van der Waals surface area (Å²) in [6.07, 6.45) is 1.83. The van der Waals surface area contributed by atoms with Crippen molar-refractivity contribution in [3.63, 3.8) is 0 Å². The lowest BCUT2D eigenvalue weighted by Gasteiger charge is -2.11. The zero-order valence-corrected chi connectivity index (χ0v) is 11.2. The molecule has 3 rings (SSSR count). The molecule has 3 N–H and O–H groups in total. The lowest BCUT2D eigenvalue weighted by atomic mass is 10.2. The van der Waals surface area contributed by atoms with Crippen molar-refractivity contribution in [3.8, 4) is 0 Å². The average molecular weight is 278 g/mol. The highest BCUT2D eigenvalue weighted by Crippen LogP contribution is 2.08. The normalized spacial score (nSPS) is 22.0. The fourth-order valence-electron chi connectivity index (χ4n) is 2.56. The van der Waals surface area contributed by atoms with Gasteiger partial charge in [0.15, 0.2) is 5.82 Å². The molecule has 0 unspecified atom stereocenters. The lowest BCUT2D eigenvalue weighted by molar-refractivity contribution is -0.125. The highest BCUT2D eigenvalue weighted by Gasteiger charge is 2.27. The first-order chi connectivity index (χ1) is 9.74. The second kappa shape index (κ2) is 5.58. The van der Waals surface area contributed by atoms with Crippen LogP contribution in [-0.4, -0.2) is 45.7 Å². The summed E-state index contributed by atoms with van der Waals surface area (Å²) in [5.41, 5.74) is 0. The van der Waals surface area contributed by atoms with Crippen molar-refractivity contribution >= 4 is 11.8 Å². The summed E-state index contributed by atoms with van der Waals surface area (Å²) < 4.78 is 2.05. The molecule has 20 heavy (non-hydrogen) atoms. The van der Waals surface area contributed by atoms with Gasteiger partial charge in [0.25, 0.3) is 0 Å². The second-order valence-corrected chi connectivity index (χ2v) is 5.06. The first-order valence-electron chi connectivity index (χ1n) is 6.93.